The van der Waals surface area contributed by atoms with Crippen LogP contribution >= 0.6 is 0 Å². The first-order valence-electron chi connectivity index (χ1n) is 7.86. The van der Waals surface area contributed by atoms with Crippen LogP contribution in [0.2, 0.25) is 0 Å². The second kappa shape index (κ2) is 6.29. The van der Waals surface area contributed by atoms with Gasteiger partial charge in [0.05, 0.1) is 18.7 Å². The third-order valence-electron chi connectivity index (χ3n) is 4.12. The molecule has 118 valence electrons. The first kappa shape index (κ1) is 15.3. The summed E-state index contributed by atoms with van der Waals surface area (Å²) < 4.78 is 5.62. The molecule has 1 aromatic heterocycles. The Morgan fingerprint density at radius 2 is 1.91 bits per heavy atom. The fourth-order valence-corrected chi connectivity index (χ4v) is 3.05. The molecule has 3 heteroatoms. The van der Waals surface area contributed by atoms with Gasteiger partial charge >= 0.3 is 0 Å². The first-order chi connectivity index (χ1) is 11.0. The van der Waals surface area contributed by atoms with Gasteiger partial charge in [0.2, 0.25) is 5.91 Å². The molecule has 0 bridgehead atoms. The maximum atomic E-state index is 12.4. The maximum absolute atomic E-state index is 12.4. The summed E-state index contributed by atoms with van der Waals surface area (Å²) in [5.41, 5.74) is 5.20. The number of carbonyl (C=O) groups is 1. The SMILES string of the molecule is Cc1cc(C)c2c(CC(=O)N[C@@H](C)c3ccccc3)coc2c1. The normalized spacial score (nSPS) is 12.3. The zero-order valence-corrected chi connectivity index (χ0v) is 13.7. The maximum Gasteiger partial charge on any atom is 0.225 e. The summed E-state index contributed by atoms with van der Waals surface area (Å²) in [5.74, 6) is 0.00373. The van der Waals surface area contributed by atoms with Gasteiger partial charge in [0.15, 0.2) is 0 Å². The van der Waals surface area contributed by atoms with Crippen LogP contribution in [0.25, 0.3) is 11.0 Å². The molecule has 2 aromatic carbocycles. The van der Waals surface area contributed by atoms with Gasteiger partial charge in [-0.2, -0.15) is 0 Å². The second-order valence-electron chi connectivity index (χ2n) is 6.09. The van der Waals surface area contributed by atoms with Crippen molar-refractivity contribution in [3.8, 4) is 0 Å². The molecule has 1 atom stereocenters. The molecular weight excluding hydrogens is 286 g/mol. The number of fused-ring (bicyclic) bond motifs is 1. The number of benzene rings is 2. The van der Waals surface area contributed by atoms with Crippen LogP contribution in [0, 0.1) is 13.8 Å². The van der Waals surface area contributed by atoms with Crippen molar-refractivity contribution in [2.75, 3.05) is 0 Å². The highest BCUT2D eigenvalue weighted by Crippen LogP contribution is 2.26. The van der Waals surface area contributed by atoms with Crippen molar-refractivity contribution in [3.05, 3.63) is 71.0 Å². The topological polar surface area (TPSA) is 42.2 Å². The van der Waals surface area contributed by atoms with Crippen molar-refractivity contribution in [3.63, 3.8) is 0 Å². The average Bonchev–Trinajstić information content (AvgIpc) is 2.90. The van der Waals surface area contributed by atoms with E-state index < -0.39 is 0 Å². The fourth-order valence-electron chi connectivity index (χ4n) is 3.05. The average molecular weight is 307 g/mol. The lowest BCUT2D eigenvalue weighted by molar-refractivity contribution is -0.121. The fraction of sp³-hybridized carbons (Fsp3) is 0.250. The largest absolute Gasteiger partial charge is 0.464 e. The molecule has 0 aliphatic rings. The van der Waals surface area contributed by atoms with Crippen LogP contribution in [0.1, 0.15) is 35.2 Å². The van der Waals surface area contributed by atoms with Crippen LogP contribution in [0.4, 0.5) is 0 Å². The molecule has 3 nitrogen and oxygen atoms in total. The molecule has 0 spiro atoms. The summed E-state index contributed by atoms with van der Waals surface area (Å²) in [6, 6.07) is 14.1. The number of nitrogens with one attached hydrogen (secondary N) is 1. The van der Waals surface area contributed by atoms with Gasteiger partial charge in [-0.3, -0.25) is 4.79 Å². The van der Waals surface area contributed by atoms with Gasteiger partial charge in [-0.1, -0.05) is 36.4 Å². The van der Waals surface area contributed by atoms with Crippen molar-refractivity contribution in [1.29, 1.82) is 0 Å². The molecule has 0 aliphatic heterocycles. The molecule has 0 fully saturated rings. The van der Waals surface area contributed by atoms with E-state index in [4.69, 9.17) is 4.42 Å². The van der Waals surface area contributed by atoms with E-state index >= 15 is 0 Å². The Morgan fingerprint density at radius 1 is 1.17 bits per heavy atom. The van der Waals surface area contributed by atoms with E-state index in [0.29, 0.717) is 6.42 Å². The molecular formula is C20H21NO2. The second-order valence-corrected chi connectivity index (χ2v) is 6.09. The van der Waals surface area contributed by atoms with Gasteiger partial charge in [0.1, 0.15) is 5.58 Å². The third kappa shape index (κ3) is 3.29. The summed E-state index contributed by atoms with van der Waals surface area (Å²) in [4.78, 5) is 12.4. The molecule has 3 rings (SSSR count). The van der Waals surface area contributed by atoms with E-state index in [1.807, 2.05) is 50.2 Å². The number of rotatable bonds is 4. The lowest BCUT2D eigenvalue weighted by Gasteiger charge is -2.14. The van der Waals surface area contributed by atoms with E-state index in [0.717, 1.165) is 33.2 Å². The van der Waals surface area contributed by atoms with Crippen LogP contribution in [0.3, 0.4) is 0 Å². The van der Waals surface area contributed by atoms with E-state index in [-0.39, 0.29) is 11.9 Å². The van der Waals surface area contributed by atoms with Crippen LogP contribution < -0.4 is 5.32 Å². The zero-order chi connectivity index (χ0) is 16.4. The highest BCUT2D eigenvalue weighted by atomic mass is 16.3. The van der Waals surface area contributed by atoms with Crippen LogP contribution in [0.5, 0.6) is 0 Å². The van der Waals surface area contributed by atoms with Crippen molar-refractivity contribution in [1.82, 2.24) is 5.32 Å². The number of hydrogen-bond acceptors (Lipinski definition) is 2. The lowest BCUT2D eigenvalue weighted by Crippen LogP contribution is -2.28. The van der Waals surface area contributed by atoms with E-state index in [2.05, 4.69) is 18.3 Å². The molecule has 3 aromatic rings. The Bertz CT molecular complexity index is 833. The smallest absolute Gasteiger partial charge is 0.225 e. The number of hydrogen-bond donors (Lipinski definition) is 1. The molecule has 1 amide bonds. The Hall–Kier alpha value is -2.55. The monoisotopic (exact) mass is 307 g/mol. The molecule has 0 aliphatic carbocycles. The summed E-state index contributed by atoms with van der Waals surface area (Å²) in [6.07, 6.45) is 2.03. The van der Waals surface area contributed by atoms with Crippen molar-refractivity contribution in [2.24, 2.45) is 0 Å². The Kier molecular flexibility index (Phi) is 4.20. The standard InChI is InChI=1S/C20H21NO2/c1-13-9-14(2)20-17(12-23-18(20)10-13)11-19(22)21-15(3)16-7-5-4-6-8-16/h4-10,12,15H,11H2,1-3H3,(H,21,22)/t15-/m0/s1. The van der Waals surface area contributed by atoms with E-state index in [9.17, 15) is 4.79 Å². The Labute approximate surface area is 136 Å². The summed E-state index contributed by atoms with van der Waals surface area (Å²) in [5, 5.41) is 4.10. The van der Waals surface area contributed by atoms with E-state index in [1.54, 1.807) is 6.26 Å². The summed E-state index contributed by atoms with van der Waals surface area (Å²) in [6.45, 7) is 6.09. The molecule has 0 saturated heterocycles. The van der Waals surface area contributed by atoms with Crippen LogP contribution in [0.15, 0.2) is 53.1 Å². The Balaban J connectivity index is 1.76. The minimum Gasteiger partial charge on any atom is -0.464 e. The molecule has 23 heavy (non-hydrogen) atoms. The van der Waals surface area contributed by atoms with Gasteiger partial charge in [-0.05, 0) is 43.5 Å². The van der Waals surface area contributed by atoms with Gasteiger partial charge in [-0.15, -0.1) is 0 Å². The van der Waals surface area contributed by atoms with Crippen LogP contribution in [-0.4, -0.2) is 5.91 Å². The van der Waals surface area contributed by atoms with Crippen molar-refractivity contribution < 1.29 is 9.21 Å². The van der Waals surface area contributed by atoms with Gasteiger partial charge in [-0.25, -0.2) is 0 Å². The number of aryl methyl sites for hydroxylation is 2. The zero-order valence-electron chi connectivity index (χ0n) is 13.7. The predicted octanol–water partition coefficient (Wildman–Crippen LogP) is 4.47. The van der Waals surface area contributed by atoms with Crippen LogP contribution in [-0.2, 0) is 11.2 Å². The number of furan rings is 1. The molecule has 0 unspecified atom stereocenters. The third-order valence-corrected chi connectivity index (χ3v) is 4.12. The predicted molar refractivity (Wildman–Crippen MR) is 92.4 cm³/mol. The highest BCUT2D eigenvalue weighted by Gasteiger charge is 2.15. The van der Waals surface area contributed by atoms with Crippen molar-refractivity contribution in [2.45, 2.75) is 33.2 Å². The number of amides is 1. The van der Waals surface area contributed by atoms with Gasteiger partial charge < -0.3 is 9.73 Å². The summed E-state index contributed by atoms with van der Waals surface area (Å²) in [7, 11) is 0. The highest BCUT2D eigenvalue weighted by molar-refractivity contribution is 5.90. The molecule has 1 heterocycles. The quantitative estimate of drug-likeness (QED) is 0.772. The lowest BCUT2D eigenvalue weighted by atomic mass is 10.0. The summed E-state index contributed by atoms with van der Waals surface area (Å²) >= 11 is 0. The van der Waals surface area contributed by atoms with Gasteiger partial charge in [0.25, 0.3) is 0 Å². The molecule has 0 radical (unpaired) electrons. The van der Waals surface area contributed by atoms with Crippen molar-refractivity contribution >= 4 is 16.9 Å². The molecule has 1 N–H and O–H groups in total. The molecule has 0 saturated carbocycles. The van der Waals surface area contributed by atoms with Gasteiger partial charge in [0, 0.05) is 10.9 Å². The minimum atomic E-state index is -0.00907. The van der Waals surface area contributed by atoms with E-state index in [1.165, 1.54) is 0 Å². The number of carbonyl (C=O) groups excluding carboxylic acids is 1. The first-order valence-corrected chi connectivity index (χ1v) is 7.86. The minimum absolute atomic E-state index is 0.00373. The Morgan fingerprint density at radius 3 is 2.65 bits per heavy atom.